The van der Waals surface area contributed by atoms with E-state index in [1.54, 1.807) is 4.68 Å². The maximum absolute atomic E-state index is 14.7. The van der Waals surface area contributed by atoms with Gasteiger partial charge in [0.2, 0.25) is 5.95 Å². The number of hydrogen-bond donors (Lipinski definition) is 2. The van der Waals surface area contributed by atoms with E-state index in [-0.39, 0.29) is 29.1 Å². The van der Waals surface area contributed by atoms with Crippen LogP contribution in [0.25, 0.3) is 22.3 Å². The number of hydrogen-bond acceptors (Lipinski definition) is 6. The zero-order valence-corrected chi connectivity index (χ0v) is 17.3. The Kier molecular flexibility index (Phi) is 5.40. The highest BCUT2D eigenvalue weighted by atomic mass is 19.1. The number of nitrogens with zero attached hydrogens (tertiary/aromatic N) is 4. The minimum atomic E-state index is -0.605. The number of nitrogens with one attached hydrogen (secondary N) is 1. The summed E-state index contributed by atoms with van der Waals surface area (Å²) in [6.07, 6.45) is 2.01. The molecule has 0 bridgehead atoms. The fourth-order valence-corrected chi connectivity index (χ4v) is 3.89. The molecule has 3 heterocycles. The summed E-state index contributed by atoms with van der Waals surface area (Å²) < 4.78 is 35.9. The van der Waals surface area contributed by atoms with E-state index in [9.17, 15) is 8.78 Å². The van der Waals surface area contributed by atoms with E-state index in [0.29, 0.717) is 24.1 Å². The highest BCUT2D eigenvalue weighted by Gasteiger charge is 2.22. The first-order valence-electron chi connectivity index (χ1n) is 10.5. The maximum Gasteiger partial charge on any atom is 0.225 e. The fourth-order valence-electron chi connectivity index (χ4n) is 3.89. The Hall–Kier alpha value is -3.59. The second-order valence-corrected chi connectivity index (χ2v) is 7.76. The van der Waals surface area contributed by atoms with Crippen molar-refractivity contribution in [3.05, 3.63) is 65.7 Å². The van der Waals surface area contributed by atoms with Crippen molar-refractivity contribution in [1.29, 1.82) is 0 Å². The van der Waals surface area contributed by atoms with Crippen LogP contribution in [0, 0.1) is 11.6 Å². The molecule has 32 heavy (non-hydrogen) atoms. The first-order chi connectivity index (χ1) is 15.6. The summed E-state index contributed by atoms with van der Waals surface area (Å²) in [4.78, 5) is 8.99. The Bertz CT molecular complexity index is 1250. The number of nitrogen functional groups attached to an aromatic ring is 1. The van der Waals surface area contributed by atoms with E-state index < -0.39 is 11.6 Å². The molecule has 1 fully saturated rings. The van der Waals surface area contributed by atoms with Crippen molar-refractivity contribution in [2.24, 2.45) is 0 Å². The monoisotopic (exact) mass is 436 g/mol. The number of halogens is 2. The molecular weight excluding hydrogens is 414 g/mol. The quantitative estimate of drug-likeness (QED) is 0.475. The van der Waals surface area contributed by atoms with Crippen LogP contribution in [0.4, 0.5) is 20.5 Å². The molecule has 1 saturated heterocycles. The Morgan fingerprint density at radius 2 is 1.97 bits per heavy atom. The van der Waals surface area contributed by atoms with Gasteiger partial charge in [0, 0.05) is 18.7 Å². The van der Waals surface area contributed by atoms with Crippen LogP contribution in [0.15, 0.2) is 48.5 Å². The zero-order valence-electron chi connectivity index (χ0n) is 17.3. The molecule has 3 N–H and O–H groups in total. The van der Waals surface area contributed by atoms with Crippen molar-refractivity contribution < 1.29 is 13.5 Å². The maximum atomic E-state index is 14.7. The number of benzene rings is 2. The molecule has 1 aliphatic heterocycles. The van der Waals surface area contributed by atoms with Crippen LogP contribution in [0.2, 0.25) is 0 Å². The van der Waals surface area contributed by atoms with Gasteiger partial charge in [0.05, 0.1) is 23.7 Å². The molecule has 0 saturated carbocycles. The lowest BCUT2D eigenvalue weighted by atomic mass is 10.1. The fraction of sp³-hybridized carbons (Fsp3) is 0.261. The summed E-state index contributed by atoms with van der Waals surface area (Å²) in [5.41, 5.74) is 7.90. The van der Waals surface area contributed by atoms with Crippen LogP contribution in [0.5, 0.6) is 0 Å². The number of fused-ring (bicyclic) bond motifs is 1. The minimum absolute atomic E-state index is 0.00327. The van der Waals surface area contributed by atoms with Gasteiger partial charge in [-0.2, -0.15) is 4.98 Å². The number of ether oxygens (including phenoxy) is 1. The van der Waals surface area contributed by atoms with Crippen molar-refractivity contribution in [1.82, 2.24) is 19.7 Å². The Balaban J connectivity index is 1.61. The predicted octanol–water partition coefficient (Wildman–Crippen LogP) is 3.99. The van der Waals surface area contributed by atoms with Gasteiger partial charge in [-0.25, -0.2) is 18.4 Å². The number of anilines is 2. The third-order valence-corrected chi connectivity index (χ3v) is 5.51. The highest BCUT2D eigenvalue weighted by Crippen LogP contribution is 2.33. The van der Waals surface area contributed by atoms with E-state index in [1.807, 2.05) is 30.3 Å². The van der Waals surface area contributed by atoms with Crippen LogP contribution in [-0.4, -0.2) is 39.0 Å². The van der Waals surface area contributed by atoms with Gasteiger partial charge in [-0.1, -0.05) is 30.3 Å². The molecule has 2 aromatic heterocycles. The minimum Gasteiger partial charge on any atom is -0.383 e. The highest BCUT2D eigenvalue weighted by molar-refractivity contribution is 5.99. The lowest BCUT2D eigenvalue weighted by Crippen LogP contribution is -2.19. The van der Waals surface area contributed by atoms with Crippen LogP contribution in [0.1, 0.15) is 18.4 Å². The van der Waals surface area contributed by atoms with Crippen molar-refractivity contribution in [3.8, 4) is 11.3 Å². The second kappa shape index (κ2) is 8.51. The third kappa shape index (κ3) is 3.99. The SMILES string of the molecule is Nc1c2c(-c3cc(F)ccc3F)nc(NCC3CCCO3)nc2nn1Cc1ccccc1. The Morgan fingerprint density at radius 3 is 2.75 bits per heavy atom. The molecule has 7 nitrogen and oxygen atoms in total. The number of rotatable bonds is 6. The van der Waals surface area contributed by atoms with Crippen LogP contribution in [0.3, 0.4) is 0 Å². The van der Waals surface area contributed by atoms with Gasteiger partial charge in [-0.3, -0.25) is 0 Å². The first kappa shape index (κ1) is 20.3. The topological polar surface area (TPSA) is 90.9 Å². The van der Waals surface area contributed by atoms with Crippen LogP contribution < -0.4 is 11.1 Å². The molecule has 9 heteroatoms. The summed E-state index contributed by atoms with van der Waals surface area (Å²) in [6, 6.07) is 12.9. The molecule has 0 spiro atoms. The van der Waals surface area contributed by atoms with Gasteiger partial charge >= 0.3 is 0 Å². The molecule has 0 amide bonds. The molecule has 4 aromatic rings. The van der Waals surface area contributed by atoms with E-state index in [2.05, 4.69) is 20.4 Å². The summed E-state index contributed by atoms with van der Waals surface area (Å²) in [7, 11) is 0. The predicted molar refractivity (Wildman–Crippen MR) is 118 cm³/mol. The van der Waals surface area contributed by atoms with Crippen LogP contribution in [-0.2, 0) is 11.3 Å². The molecule has 1 atom stereocenters. The summed E-state index contributed by atoms with van der Waals surface area (Å²) >= 11 is 0. The molecule has 5 rings (SSSR count). The van der Waals surface area contributed by atoms with Gasteiger partial charge in [0.25, 0.3) is 0 Å². The van der Waals surface area contributed by atoms with Gasteiger partial charge in [0.15, 0.2) is 5.65 Å². The molecule has 2 aromatic carbocycles. The summed E-state index contributed by atoms with van der Waals surface area (Å²) in [5.74, 6) is -0.631. The molecule has 164 valence electrons. The van der Waals surface area contributed by atoms with Crippen molar-refractivity contribution in [2.75, 3.05) is 24.2 Å². The van der Waals surface area contributed by atoms with E-state index >= 15 is 0 Å². The standard InChI is InChI=1S/C23H22F2N6O/c24-15-8-9-18(25)17(11-15)20-19-21(26)31(13-14-5-2-1-3-6-14)30-22(19)29-23(28-20)27-12-16-7-4-10-32-16/h1-3,5-6,8-9,11,16H,4,7,10,12-13,26H2,(H,27,29,30). The molecule has 1 unspecified atom stereocenters. The van der Waals surface area contributed by atoms with Crippen molar-refractivity contribution in [3.63, 3.8) is 0 Å². The lowest BCUT2D eigenvalue weighted by Gasteiger charge is -2.12. The molecule has 0 aliphatic carbocycles. The molecular formula is C23H22F2N6O. The first-order valence-corrected chi connectivity index (χ1v) is 10.5. The van der Waals surface area contributed by atoms with E-state index in [1.165, 1.54) is 0 Å². The third-order valence-electron chi connectivity index (χ3n) is 5.51. The molecule has 0 radical (unpaired) electrons. The van der Waals surface area contributed by atoms with Gasteiger partial charge in [0.1, 0.15) is 17.5 Å². The Labute approximate surface area is 183 Å². The van der Waals surface area contributed by atoms with Crippen LogP contribution >= 0.6 is 0 Å². The van der Waals surface area contributed by atoms with Gasteiger partial charge < -0.3 is 15.8 Å². The largest absolute Gasteiger partial charge is 0.383 e. The van der Waals surface area contributed by atoms with Crippen molar-refractivity contribution in [2.45, 2.75) is 25.5 Å². The number of aromatic nitrogens is 4. The Morgan fingerprint density at radius 1 is 1.12 bits per heavy atom. The van der Waals surface area contributed by atoms with E-state index in [4.69, 9.17) is 10.5 Å². The smallest absolute Gasteiger partial charge is 0.225 e. The van der Waals surface area contributed by atoms with Gasteiger partial charge in [-0.05, 0) is 36.6 Å². The number of nitrogens with two attached hydrogens (primary N) is 1. The lowest BCUT2D eigenvalue weighted by molar-refractivity contribution is 0.120. The average Bonchev–Trinajstić information content (AvgIpc) is 3.43. The van der Waals surface area contributed by atoms with Crippen molar-refractivity contribution >= 4 is 22.8 Å². The molecule has 1 aliphatic rings. The normalized spacial score (nSPS) is 16.0. The van der Waals surface area contributed by atoms with E-state index in [0.717, 1.165) is 43.2 Å². The second-order valence-electron chi connectivity index (χ2n) is 7.76. The average molecular weight is 436 g/mol. The zero-order chi connectivity index (χ0) is 22.1. The van der Waals surface area contributed by atoms with Gasteiger partial charge in [-0.15, -0.1) is 5.10 Å². The summed E-state index contributed by atoms with van der Waals surface area (Å²) in [6.45, 7) is 1.65. The summed E-state index contributed by atoms with van der Waals surface area (Å²) in [5, 5.41) is 8.07.